The molecule has 0 aromatic heterocycles. The molecule has 134 valence electrons. The van der Waals surface area contributed by atoms with Crippen LogP contribution in [0.3, 0.4) is 0 Å². The highest BCUT2D eigenvalue weighted by Gasteiger charge is 2.20. The summed E-state index contributed by atoms with van der Waals surface area (Å²) in [5.74, 6) is 1.97. The van der Waals surface area contributed by atoms with Gasteiger partial charge in [-0.05, 0) is 17.0 Å². The molecular weight excluding hydrogens is 324 g/mol. The molecule has 0 bridgehead atoms. The second-order valence-electron chi connectivity index (χ2n) is 6.35. The van der Waals surface area contributed by atoms with Gasteiger partial charge >= 0.3 is 0 Å². The second kappa shape index (κ2) is 9.19. The van der Waals surface area contributed by atoms with Gasteiger partial charge in [-0.3, -0.25) is 9.69 Å². The average molecular weight is 348 g/mol. The Hall–Kier alpha value is -2.61. The number of hydrogen-bond acceptors (Lipinski definition) is 3. The predicted molar refractivity (Wildman–Crippen MR) is 103 cm³/mol. The predicted octanol–water partition coefficient (Wildman–Crippen LogP) is 2.57. The van der Waals surface area contributed by atoms with Crippen molar-refractivity contribution in [1.29, 1.82) is 0 Å². The molecule has 0 unspecified atom stereocenters. The van der Waals surface area contributed by atoms with Gasteiger partial charge in [0.15, 0.2) is 0 Å². The molecule has 2 aromatic carbocycles. The lowest BCUT2D eigenvalue weighted by atomic mass is 10.0. The van der Waals surface area contributed by atoms with Crippen molar-refractivity contribution < 1.29 is 9.53 Å². The van der Waals surface area contributed by atoms with Gasteiger partial charge in [0, 0.05) is 32.7 Å². The van der Waals surface area contributed by atoms with Crippen molar-refractivity contribution in [1.82, 2.24) is 9.80 Å². The largest absolute Gasteiger partial charge is 0.367 e. The topological polar surface area (TPSA) is 32.8 Å². The Bertz CT molecular complexity index is 692. The first kappa shape index (κ1) is 18.2. The SMILES string of the molecule is C#CC(=O)N1CCN(CCOC(c2ccccc2)c2ccccc2)CC1. The van der Waals surface area contributed by atoms with Crippen molar-refractivity contribution >= 4 is 5.91 Å². The van der Waals surface area contributed by atoms with Gasteiger partial charge in [-0.1, -0.05) is 60.7 Å². The fraction of sp³-hybridized carbons (Fsp3) is 0.318. The summed E-state index contributed by atoms with van der Waals surface area (Å²) in [5.41, 5.74) is 2.31. The molecule has 2 aromatic rings. The normalized spacial score (nSPS) is 15.0. The van der Waals surface area contributed by atoms with Gasteiger partial charge in [0.2, 0.25) is 0 Å². The summed E-state index contributed by atoms with van der Waals surface area (Å²) in [6, 6.07) is 20.6. The van der Waals surface area contributed by atoms with Gasteiger partial charge in [0.05, 0.1) is 6.61 Å². The summed E-state index contributed by atoms with van der Waals surface area (Å²) >= 11 is 0. The van der Waals surface area contributed by atoms with Gasteiger partial charge < -0.3 is 9.64 Å². The average Bonchev–Trinajstić information content (AvgIpc) is 2.72. The second-order valence-corrected chi connectivity index (χ2v) is 6.35. The van der Waals surface area contributed by atoms with Crippen molar-refractivity contribution in [3.8, 4) is 12.3 Å². The van der Waals surface area contributed by atoms with Crippen LogP contribution in [0, 0.1) is 12.3 Å². The molecule has 1 amide bonds. The van der Waals surface area contributed by atoms with Crippen LogP contribution >= 0.6 is 0 Å². The molecule has 0 saturated carbocycles. The molecule has 4 heteroatoms. The maximum absolute atomic E-state index is 11.5. The molecule has 1 saturated heterocycles. The number of piperazine rings is 1. The standard InChI is InChI=1S/C22H24N2O2/c1-2-21(25)24-15-13-23(14-16-24)17-18-26-22(19-9-5-3-6-10-19)20-11-7-4-8-12-20/h1,3-12,22H,13-18H2. The summed E-state index contributed by atoms with van der Waals surface area (Å²) in [7, 11) is 0. The Kier molecular flexibility index (Phi) is 6.43. The van der Waals surface area contributed by atoms with E-state index in [4.69, 9.17) is 11.2 Å². The van der Waals surface area contributed by atoms with E-state index >= 15 is 0 Å². The summed E-state index contributed by atoms with van der Waals surface area (Å²) < 4.78 is 6.26. The van der Waals surface area contributed by atoms with E-state index in [1.165, 1.54) is 0 Å². The fourth-order valence-electron chi connectivity index (χ4n) is 3.21. The quantitative estimate of drug-likeness (QED) is 0.752. The smallest absolute Gasteiger partial charge is 0.298 e. The van der Waals surface area contributed by atoms with Gasteiger partial charge in [-0.2, -0.15) is 0 Å². The number of amides is 1. The van der Waals surface area contributed by atoms with Crippen molar-refractivity contribution in [2.75, 3.05) is 39.3 Å². The number of carbonyl (C=O) groups is 1. The van der Waals surface area contributed by atoms with Crippen LogP contribution in [0.25, 0.3) is 0 Å². The van der Waals surface area contributed by atoms with Crippen molar-refractivity contribution in [3.63, 3.8) is 0 Å². The van der Waals surface area contributed by atoms with E-state index in [0.29, 0.717) is 19.7 Å². The molecule has 0 spiro atoms. The number of terminal acetylenes is 1. The summed E-state index contributed by atoms with van der Waals surface area (Å²) in [4.78, 5) is 15.6. The van der Waals surface area contributed by atoms with E-state index in [-0.39, 0.29) is 12.0 Å². The van der Waals surface area contributed by atoms with Gasteiger partial charge in [-0.15, -0.1) is 6.42 Å². The molecule has 1 aliphatic heterocycles. The summed E-state index contributed by atoms with van der Waals surface area (Å²) in [5, 5.41) is 0. The van der Waals surface area contributed by atoms with E-state index in [1.54, 1.807) is 4.90 Å². The number of benzene rings is 2. The molecular formula is C22H24N2O2. The molecule has 0 N–H and O–H groups in total. The molecule has 1 fully saturated rings. The number of hydrogen-bond donors (Lipinski definition) is 0. The van der Waals surface area contributed by atoms with Crippen LogP contribution in [-0.4, -0.2) is 55.0 Å². The minimum atomic E-state index is -0.214. The molecule has 0 atom stereocenters. The van der Waals surface area contributed by atoms with E-state index in [0.717, 1.165) is 30.8 Å². The third kappa shape index (κ3) is 4.72. The Labute approximate surface area is 155 Å². The highest BCUT2D eigenvalue weighted by Crippen LogP contribution is 2.25. The Morgan fingerprint density at radius 3 is 2.00 bits per heavy atom. The molecule has 26 heavy (non-hydrogen) atoms. The zero-order valence-corrected chi connectivity index (χ0v) is 14.9. The first-order valence-corrected chi connectivity index (χ1v) is 8.97. The number of carbonyl (C=O) groups excluding carboxylic acids is 1. The Morgan fingerprint density at radius 2 is 1.50 bits per heavy atom. The maximum Gasteiger partial charge on any atom is 0.298 e. The van der Waals surface area contributed by atoms with Crippen molar-refractivity contribution in [2.45, 2.75) is 6.10 Å². The first-order valence-electron chi connectivity index (χ1n) is 8.97. The molecule has 0 radical (unpaired) electrons. The highest BCUT2D eigenvalue weighted by atomic mass is 16.5. The first-order chi connectivity index (χ1) is 12.8. The van der Waals surface area contributed by atoms with E-state index in [1.807, 2.05) is 36.4 Å². The van der Waals surface area contributed by atoms with Gasteiger partial charge in [0.1, 0.15) is 6.10 Å². The molecule has 0 aliphatic carbocycles. The summed E-state index contributed by atoms with van der Waals surface area (Å²) in [6.45, 7) is 4.51. The van der Waals surface area contributed by atoms with Crippen LogP contribution in [0.5, 0.6) is 0 Å². The lowest BCUT2D eigenvalue weighted by molar-refractivity contribution is -0.126. The molecule has 4 nitrogen and oxygen atoms in total. The Morgan fingerprint density at radius 1 is 0.962 bits per heavy atom. The Balaban J connectivity index is 1.55. The third-order valence-corrected chi connectivity index (χ3v) is 4.68. The van der Waals surface area contributed by atoms with Crippen molar-refractivity contribution in [3.05, 3.63) is 71.8 Å². The molecule has 1 aliphatic rings. The van der Waals surface area contributed by atoms with Gasteiger partial charge in [0.25, 0.3) is 5.91 Å². The third-order valence-electron chi connectivity index (χ3n) is 4.68. The van der Waals surface area contributed by atoms with E-state index < -0.39 is 0 Å². The molecule has 1 heterocycles. The summed E-state index contributed by atoms with van der Waals surface area (Å²) in [6.07, 6.45) is 5.12. The zero-order valence-electron chi connectivity index (χ0n) is 14.9. The zero-order chi connectivity index (χ0) is 18.2. The van der Waals surface area contributed by atoms with Crippen LogP contribution in [0.1, 0.15) is 17.2 Å². The number of rotatable bonds is 6. The number of nitrogens with zero attached hydrogens (tertiary/aromatic N) is 2. The van der Waals surface area contributed by atoms with Crippen molar-refractivity contribution in [2.24, 2.45) is 0 Å². The fourth-order valence-corrected chi connectivity index (χ4v) is 3.21. The lowest BCUT2D eigenvalue weighted by Gasteiger charge is -2.33. The van der Waals surface area contributed by atoms with Crippen LogP contribution < -0.4 is 0 Å². The molecule has 3 rings (SSSR count). The number of ether oxygens (including phenoxy) is 1. The van der Waals surface area contributed by atoms with Crippen LogP contribution in [0.2, 0.25) is 0 Å². The van der Waals surface area contributed by atoms with E-state index in [9.17, 15) is 4.79 Å². The minimum absolute atomic E-state index is 0.0679. The monoisotopic (exact) mass is 348 g/mol. The minimum Gasteiger partial charge on any atom is -0.367 e. The highest BCUT2D eigenvalue weighted by molar-refractivity contribution is 5.92. The van der Waals surface area contributed by atoms with Crippen LogP contribution in [0.15, 0.2) is 60.7 Å². The van der Waals surface area contributed by atoms with Crippen LogP contribution in [-0.2, 0) is 9.53 Å². The lowest BCUT2D eigenvalue weighted by Crippen LogP contribution is -2.49. The maximum atomic E-state index is 11.5. The van der Waals surface area contributed by atoms with Gasteiger partial charge in [-0.25, -0.2) is 0 Å². The van der Waals surface area contributed by atoms with E-state index in [2.05, 4.69) is 35.1 Å². The van der Waals surface area contributed by atoms with Crippen LogP contribution in [0.4, 0.5) is 0 Å².